The van der Waals surface area contributed by atoms with Crippen LogP contribution in [0, 0.1) is 12.7 Å². The number of amides is 1. The van der Waals surface area contributed by atoms with E-state index in [2.05, 4.69) is 15.4 Å². The largest absolute Gasteiger partial charge is 0.361 e. The summed E-state index contributed by atoms with van der Waals surface area (Å²) in [6.07, 6.45) is 3.61. The number of nitrogens with one attached hydrogen (secondary N) is 1. The molecule has 4 rings (SSSR count). The van der Waals surface area contributed by atoms with Crippen LogP contribution in [0.25, 0.3) is 11.1 Å². The maximum atomic E-state index is 13.2. The standard InChI is InChI=1S/C19H19FN4O2/c1-12-9-17(23-26-12)19(25)24-8-2-3-14(11-24)18-16(10-21-22-18)13-4-6-15(20)7-5-13/h4-7,9-10,14H,2-3,8,11H2,1H3,(H,21,22). The van der Waals surface area contributed by atoms with Crippen molar-refractivity contribution in [2.75, 3.05) is 13.1 Å². The van der Waals surface area contributed by atoms with Crippen molar-refractivity contribution in [2.24, 2.45) is 0 Å². The minimum Gasteiger partial charge on any atom is -0.361 e. The van der Waals surface area contributed by atoms with Gasteiger partial charge in [-0.3, -0.25) is 9.89 Å². The summed E-state index contributed by atoms with van der Waals surface area (Å²) < 4.78 is 18.2. The molecule has 2 aromatic heterocycles. The van der Waals surface area contributed by atoms with Crippen LogP contribution in [0.15, 0.2) is 41.1 Å². The number of hydrogen-bond acceptors (Lipinski definition) is 4. The number of carbonyl (C=O) groups is 1. The molecule has 1 amide bonds. The van der Waals surface area contributed by atoms with Gasteiger partial charge in [0.05, 0.1) is 6.20 Å². The zero-order chi connectivity index (χ0) is 18.1. The predicted molar refractivity (Wildman–Crippen MR) is 93.1 cm³/mol. The van der Waals surface area contributed by atoms with E-state index in [1.54, 1.807) is 36.2 Å². The second kappa shape index (κ2) is 6.74. The number of hydrogen-bond donors (Lipinski definition) is 1. The SMILES string of the molecule is Cc1cc(C(=O)N2CCCC(c3[nH]ncc3-c3ccc(F)cc3)C2)no1. The van der Waals surface area contributed by atoms with E-state index in [4.69, 9.17) is 4.52 Å². The van der Waals surface area contributed by atoms with Crippen LogP contribution in [0.4, 0.5) is 4.39 Å². The number of aryl methyl sites for hydroxylation is 1. The van der Waals surface area contributed by atoms with Gasteiger partial charge < -0.3 is 9.42 Å². The molecule has 3 heterocycles. The highest BCUT2D eigenvalue weighted by Gasteiger charge is 2.29. The lowest BCUT2D eigenvalue weighted by atomic mass is 9.90. The first-order valence-electron chi connectivity index (χ1n) is 8.63. The Morgan fingerprint density at radius 3 is 2.88 bits per heavy atom. The summed E-state index contributed by atoms with van der Waals surface area (Å²) in [6, 6.07) is 8.03. The molecule has 1 saturated heterocycles. The molecule has 1 N–H and O–H groups in total. The van der Waals surface area contributed by atoms with E-state index in [0.717, 1.165) is 29.7 Å². The van der Waals surface area contributed by atoms with Crippen molar-refractivity contribution in [2.45, 2.75) is 25.7 Å². The molecular weight excluding hydrogens is 335 g/mol. The first-order valence-corrected chi connectivity index (χ1v) is 8.63. The van der Waals surface area contributed by atoms with Gasteiger partial charge in [-0.1, -0.05) is 17.3 Å². The van der Waals surface area contributed by atoms with Crippen molar-refractivity contribution in [3.63, 3.8) is 0 Å². The average molecular weight is 354 g/mol. The predicted octanol–water partition coefficient (Wildman–Crippen LogP) is 3.53. The van der Waals surface area contributed by atoms with Gasteiger partial charge in [0.1, 0.15) is 11.6 Å². The highest BCUT2D eigenvalue weighted by Crippen LogP contribution is 2.33. The topological polar surface area (TPSA) is 75.0 Å². The summed E-state index contributed by atoms with van der Waals surface area (Å²) in [5.74, 6) is 0.378. The van der Waals surface area contributed by atoms with Gasteiger partial charge in [0, 0.05) is 36.3 Å². The highest BCUT2D eigenvalue weighted by atomic mass is 19.1. The Balaban J connectivity index is 1.56. The van der Waals surface area contributed by atoms with E-state index in [1.165, 1.54) is 12.1 Å². The number of halogens is 1. The van der Waals surface area contributed by atoms with E-state index >= 15 is 0 Å². The van der Waals surface area contributed by atoms with Crippen LogP contribution in [-0.4, -0.2) is 39.3 Å². The fraction of sp³-hybridized carbons (Fsp3) is 0.316. The third-order valence-corrected chi connectivity index (χ3v) is 4.79. The van der Waals surface area contributed by atoms with Crippen LogP contribution in [0.1, 0.15) is 40.7 Å². The molecular formula is C19H19FN4O2. The zero-order valence-electron chi connectivity index (χ0n) is 14.4. The first kappa shape index (κ1) is 16.5. The maximum absolute atomic E-state index is 13.2. The van der Waals surface area contributed by atoms with Crippen molar-refractivity contribution < 1.29 is 13.7 Å². The summed E-state index contributed by atoms with van der Waals surface area (Å²) in [5, 5.41) is 11.1. The minimum atomic E-state index is -0.267. The van der Waals surface area contributed by atoms with Crippen LogP contribution in [0.5, 0.6) is 0 Å². The molecule has 1 aromatic carbocycles. The number of benzene rings is 1. The van der Waals surface area contributed by atoms with Crippen molar-refractivity contribution in [3.8, 4) is 11.1 Å². The Kier molecular flexibility index (Phi) is 4.28. The van der Waals surface area contributed by atoms with Crippen molar-refractivity contribution in [1.82, 2.24) is 20.3 Å². The second-order valence-electron chi connectivity index (χ2n) is 6.62. The molecule has 0 spiro atoms. The molecule has 3 aromatic rings. The molecule has 134 valence electrons. The first-order chi connectivity index (χ1) is 12.6. The lowest BCUT2D eigenvalue weighted by Gasteiger charge is -2.32. The zero-order valence-corrected chi connectivity index (χ0v) is 14.4. The van der Waals surface area contributed by atoms with Gasteiger partial charge in [-0.05, 0) is 37.5 Å². The second-order valence-corrected chi connectivity index (χ2v) is 6.62. The molecule has 0 radical (unpaired) electrons. The fourth-order valence-corrected chi connectivity index (χ4v) is 3.49. The number of nitrogens with zero attached hydrogens (tertiary/aromatic N) is 3. The third kappa shape index (κ3) is 3.12. The van der Waals surface area contributed by atoms with Crippen LogP contribution < -0.4 is 0 Å². The van der Waals surface area contributed by atoms with Crippen LogP contribution in [-0.2, 0) is 0 Å². The molecule has 6 nitrogen and oxygen atoms in total. The number of piperidine rings is 1. The van der Waals surface area contributed by atoms with Gasteiger partial charge in [-0.15, -0.1) is 0 Å². The molecule has 1 aliphatic rings. The fourth-order valence-electron chi connectivity index (χ4n) is 3.49. The third-order valence-electron chi connectivity index (χ3n) is 4.79. The normalized spacial score (nSPS) is 17.5. The lowest BCUT2D eigenvalue weighted by Crippen LogP contribution is -2.39. The summed E-state index contributed by atoms with van der Waals surface area (Å²) in [4.78, 5) is 14.5. The number of rotatable bonds is 3. The quantitative estimate of drug-likeness (QED) is 0.781. The van der Waals surface area contributed by atoms with Crippen LogP contribution in [0.3, 0.4) is 0 Å². The van der Waals surface area contributed by atoms with Crippen LogP contribution in [0.2, 0.25) is 0 Å². The van der Waals surface area contributed by atoms with Crippen LogP contribution >= 0.6 is 0 Å². The molecule has 26 heavy (non-hydrogen) atoms. The Morgan fingerprint density at radius 1 is 1.35 bits per heavy atom. The smallest absolute Gasteiger partial charge is 0.276 e. The number of aromatic nitrogens is 3. The Morgan fingerprint density at radius 2 is 2.15 bits per heavy atom. The summed E-state index contributed by atoms with van der Waals surface area (Å²) >= 11 is 0. The summed E-state index contributed by atoms with van der Waals surface area (Å²) in [6.45, 7) is 3.05. The molecule has 1 fully saturated rings. The summed E-state index contributed by atoms with van der Waals surface area (Å²) in [7, 11) is 0. The highest BCUT2D eigenvalue weighted by molar-refractivity contribution is 5.92. The maximum Gasteiger partial charge on any atom is 0.276 e. The Labute approximate surface area is 150 Å². The molecule has 1 unspecified atom stereocenters. The summed E-state index contributed by atoms with van der Waals surface area (Å²) in [5.41, 5.74) is 3.17. The molecule has 7 heteroatoms. The Bertz CT molecular complexity index is 916. The van der Waals surface area contributed by atoms with Gasteiger partial charge in [-0.25, -0.2) is 4.39 Å². The number of H-pyrrole nitrogens is 1. The van der Waals surface area contributed by atoms with E-state index in [9.17, 15) is 9.18 Å². The molecule has 0 saturated carbocycles. The lowest BCUT2D eigenvalue weighted by molar-refractivity contribution is 0.0695. The monoisotopic (exact) mass is 354 g/mol. The van der Waals surface area contributed by atoms with Gasteiger partial charge in [0.25, 0.3) is 5.91 Å². The van der Waals surface area contributed by atoms with E-state index < -0.39 is 0 Å². The Hall–Kier alpha value is -2.96. The van der Waals surface area contributed by atoms with Crippen molar-refractivity contribution >= 4 is 5.91 Å². The molecule has 0 aliphatic carbocycles. The van der Waals surface area contributed by atoms with E-state index in [0.29, 0.717) is 24.5 Å². The molecule has 1 aliphatic heterocycles. The van der Waals surface area contributed by atoms with Gasteiger partial charge in [0.2, 0.25) is 0 Å². The van der Waals surface area contributed by atoms with Gasteiger partial charge in [-0.2, -0.15) is 5.10 Å². The number of aromatic amines is 1. The number of carbonyl (C=O) groups excluding carboxylic acids is 1. The van der Waals surface area contributed by atoms with E-state index in [-0.39, 0.29) is 17.6 Å². The van der Waals surface area contributed by atoms with Gasteiger partial charge in [0.15, 0.2) is 5.69 Å². The molecule has 1 atom stereocenters. The van der Waals surface area contributed by atoms with E-state index in [1.807, 2.05) is 0 Å². The average Bonchev–Trinajstić information content (AvgIpc) is 3.31. The minimum absolute atomic E-state index is 0.116. The molecule has 0 bridgehead atoms. The van der Waals surface area contributed by atoms with Crippen molar-refractivity contribution in [3.05, 3.63) is 59.5 Å². The van der Waals surface area contributed by atoms with Gasteiger partial charge >= 0.3 is 0 Å². The number of likely N-dealkylation sites (tertiary alicyclic amines) is 1. The van der Waals surface area contributed by atoms with Crippen molar-refractivity contribution in [1.29, 1.82) is 0 Å².